The van der Waals surface area contributed by atoms with Crippen LogP contribution in [0.15, 0.2) is 54.6 Å². The van der Waals surface area contributed by atoms with Crippen molar-refractivity contribution >= 4 is 28.6 Å². The first-order chi connectivity index (χ1) is 11.8. The number of hydrogen-bond donors (Lipinski definition) is 2. The summed E-state index contributed by atoms with van der Waals surface area (Å²) in [7, 11) is 1.63. The number of thioether (sulfide) groups is 1. The van der Waals surface area contributed by atoms with Gasteiger partial charge in [-0.2, -0.15) is 11.8 Å². The van der Waals surface area contributed by atoms with Gasteiger partial charge < -0.3 is 15.0 Å². The van der Waals surface area contributed by atoms with Crippen LogP contribution in [-0.2, 0) is 5.75 Å². The molecule has 2 aromatic carbocycles. The first-order valence-corrected chi connectivity index (χ1v) is 8.98. The molecule has 0 aliphatic carbocycles. The van der Waals surface area contributed by atoms with Crippen LogP contribution in [0, 0.1) is 0 Å². The summed E-state index contributed by atoms with van der Waals surface area (Å²) in [6.45, 7) is 0.648. The normalized spacial score (nSPS) is 10.7. The zero-order valence-corrected chi connectivity index (χ0v) is 14.4. The van der Waals surface area contributed by atoms with Gasteiger partial charge in [0.1, 0.15) is 11.4 Å². The molecule has 2 N–H and O–H groups in total. The first kappa shape index (κ1) is 16.5. The third kappa shape index (κ3) is 4.11. The number of carbonyl (C=O) groups excluding carboxylic acids is 1. The van der Waals surface area contributed by atoms with Gasteiger partial charge in [0, 0.05) is 35.0 Å². The number of fused-ring (bicyclic) bond motifs is 1. The minimum atomic E-state index is -0.0783. The zero-order chi connectivity index (χ0) is 16.8. The number of hydrogen-bond acceptors (Lipinski definition) is 3. The minimum Gasteiger partial charge on any atom is -0.497 e. The highest BCUT2D eigenvalue weighted by molar-refractivity contribution is 7.98. The molecule has 3 rings (SSSR count). The highest BCUT2D eigenvalue weighted by Gasteiger charge is 2.09. The molecule has 124 valence electrons. The number of ether oxygens (including phenoxy) is 1. The lowest BCUT2D eigenvalue weighted by Crippen LogP contribution is -2.26. The lowest BCUT2D eigenvalue weighted by Gasteiger charge is -2.04. The van der Waals surface area contributed by atoms with Crippen LogP contribution >= 0.6 is 11.8 Å². The van der Waals surface area contributed by atoms with Crippen molar-refractivity contribution < 1.29 is 9.53 Å². The molecule has 0 unspecified atom stereocenters. The van der Waals surface area contributed by atoms with Crippen molar-refractivity contribution in [3.05, 3.63) is 65.9 Å². The highest BCUT2D eigenvalue weighted by atomic mass is 32.2. The molecular formula is C19H20N2O2S. The molecular weight excluding hydrogens is 320 g/mol. The van der Waals surface area contributed by atoms with Crippen LogP contribution in [0.1, 0.15) is 16.1 Å². The molecule has 0 bridgehead atoms. The number of H-pyrrole nitrogens is 1. The van der Waals surface area contributed by atoms with Crippen LogP contribution in [0.3, 0.4) is 0 Å². The summed E-state index contributed by atoms with van der Waals surface area (Å²) in [5.41, 5.74) is 2.78. The maximum Gasteiger partial charge on any atom is 0.267 e. The van der Waals surface area contributed by atoms with E-state index in [4.69, 9.17) is 4.74 Å². The number of benzene rings is 2. The van der Waals surface area contributed by atoms with Crippen molar-refractivity contribution in [2.24, 2.45) is 0 Å². The zero-order valence-electron chi connectivity index (χ0n) is 13.5. The fourth-order valence-corrected chi connectivity index (χ4v) is 3.27. The van der Waals surface area contributed by atoms with Crippen LogP contribution in [0.2, 0.25) is 0 Å². The molecule has 1 heterocycles. The number of aromatic nitrogens is 1. The predicted molar refractivity (Wildman–Crippen MR) is 99.8 cm³/mol. The number of amides is 1. The third-order valence-electron chi connectivity index (χ3n) is 3.72. The average molecular weight is 340 g/mol. The van der Waals surface area contributed by atoms with Crippen molar-refractivity contribution in [2.75, 3.05) is 19.4 Å². The Bertz CT molecular complexity index is 815. The molecule has 3 aromatic rings. The van der Waals surface area contributed by atoms with Crippen LogP contribution in [0.25, 0.3) is 10.9 Å². The maximum absolute atomic E-state index is 12.2. The molecule has 0 spiro atoms. The van der Waals surface area contributed by atoms with E-state index in [-0.39, 0.29) is 5.91 Å². The minimum absolute atomic E-state index is 0.0783. The second kappa shape index (κ2) is 7.93. The second-order valence-corrected chi connectivity index (χ2v) is 6.54. The largest absolute Gasteiger partial charge is 0.497 e. The van der Waals surface area contributed by atoms with Gasteiger partial charge in [-0.1, -0.05) is 30.3 Å². The Morgan fingerprint density at radius 1 is 1.17 bits per heavy atom. The molecule has 1 amide bonds. The van der Waals surface area contributed by atoms with E-state index in [0.29, 0.717) is 12.2 Å². The predicted octanol–water partition coefficient (Wildman–Crippen LogP) is 3.84. The van der Waals surface area contributed by atoms with E-state index in [1.807, 2.05) is 54.2 Å². The Balaban J connectivity index is 1.48. The monoisotopic (exact) mass is 340 g/mol. The summed E-state index contributed by atoms with van der Waals surface area (Å²) in [5, 5.41) is 3.95. The number of nitrogens with one attached hydrogen (secondary N) is 2. The SMILES string of the molecule is COc1ccc2cc(C(=O)NCCSCc3ccccc3)[nH]c2c1. The fourth-order valence-electron chi connectivity index (χ4n) is 2.45. The molecule has 0 fully saturated rings. The van der Waals surface area contributed by atoms with Crippen molar-refractivity contribution in [3.63, 3.8) is 0 Å². The van der Waals surface area contributed by atoms with E-state index in [2.05, 4.69) is 22.4 Å². The Labute approximate surface area is 145 Å². The van der Waals surface area contributed by atoms with Crippen LogP contribution < -0.4 is 10.1 Å². The molecule has 4 nitrogen and oxygen atoms in total. The molecule has 24 heavy (non-hydrogen) atoms. The molecule has 0 saturated heterocycles. The maximum atomic E-state index is 12.2. The topological polar surface area (TPSA) is 54.1 Å². The third-order valence-corrected chi connectivity index (χ3v) is 4.75. The van der Waals surface area contributed by atoms with Crippen molar-refractivity contribution in [3.8, 4) is 5.75 Å². The van der Waals surface area contributed by atoms with E-state index in [1.165, 1.54) is 5.56 Å². The summed E-state index contributed by atoms with van der Waals surface area (Å²) in [6, 6.07) is 17.9. The summed E-state index contributed by atoms with van der Waals surface area (Å²) in [6.07, 6.45) is 0. The molecule has 0 aliphatic rings. The number of carbonyl (C=O) groups is 1. The van der Waals surface area contributed by atoms with Crippen molar-refractivity contribution in [1.29, 1.82) is 0 Å². The van der Waals surface area contributed by atoms with E-state index in [0.717, 1.165) is 28.2 Å². The number of methoxy groups -OCH3 is 1. The lowest BCUT2D eigenvalue weighted by molar-refractivity contribution is 0.0952. The van der Waals surface area contributed by atoms with Gasteiger partial charge in [0.2, 0.25) is 0 Å². The van der Waals surface area contributed by atoms with E-state index in [1.54, 1.807) is 7.11 Å². The first-order valence-electron chi connectivity index (χ1n) is 7.83. The smallest absolute Gasteiger partial charge is 0.267 e. The van der Waals surface area contributed by atoms with Crippen molar-refractivity contribution in [1.82, 2.24) is 10.3 Å². The number of aromatic amines is 1. The summed E-state index contributed by atoms with van der Waals surface area (Å²) >= 11 is 1.81. The van der Waals surface area contributed by atoms with Gasteiger partial charge in [-0.25, -0.2) is 0 Å². The summed E-state index contributed by atoms with van der Waals surface area (Å²) in [5.74, 6) is 2.54. The Morgan fingerprint density at radius 3 is 2.79 bits per heavy atom. The highest BCUT2D eigenvalue weighted by Crippen LogP contribution is 2.21. The summed E-state index contributed by atoms with van der Waals surface area (Å²) < 4.78 is 5.20. The molecule has 0 aliphatic heterocycles. The standard InChI is InChI=1S/C19H20N2O2S/c1-23-16-8-7-15-11-18(21-17(15)12-16)19(22)20-9-10-24-13-14-5-3-2-4-6-14/h2-8,11-12,21H,9-10,13H2,1H3,(H,20,22). The quantitative estimate of drug-likeness (QED) is 0.643. The van der Waals surface area contributed by atoms with Gasteiger partial charge in [-0.15, -0.1) is 0 Å². The van der Waals surface area contributed by atoms with Gasteiger partial charge >= 0.3 is 0 Å². The van der Waals surface area contributed by atoms with Gasteiger partial charge in [-0.3, -0.25) is 4.79 Å². The van der Waals surface area contributed by atoms with E-state index in [9.17, 15) is 4.79 Å². The average Bonchev–Trinajstić information content (AvgIpc) is 3.05. The molecule has 0 radical (unpaired) electrons. The molecule has 0 saturated carbocycles. The van der Waals surface area contributed by atoms with Crippen LogP contribution in [0.4, 0.5) is 0 Å². The Hall–Kier alpha value is -2.40. The molecule has 0 atom stereocenters. The molecule has 5 heteroatoms. The van der Waals surface area contributed by atoms with Crippen LogP contribution in [0.5, 0.6) is 5.75 Å². The second-order valence-electron chi connectivity index (χ2n) is 5.43. The van der Waals surface area contributed by atoms with Gasteiger partial charge in [0.05, 0.1) is 7.11 Å². The van der Waals surface area contributed by atoms with E-state index < -0.39 is 0 Å². The van der Waals surface area contributed by atoms with Gasteiger partial charge in [0.15, 0.2) is 0 Å². The van der Waals surface area contributed by atoms with Crippen molar-refractivity contribution in [2.45, 2.75) is 5.75 Å². The Kier molecular flexibility index (Phi) is 5.43. The summed E-state index contributed by atoms with van der Waals surface area (Å²) in [4.78, 5) is 15.4. The van der Waals surface area contributed by atoms with Gasteiger partial charge in [-0.05, 0) is 23.8 Å². The number of rotatable bonds is 7. The van der Waals surface area contributed by atoms with Crippen LogP contribution in [-0.4, -0.2) is 30.3 Å². The van der Waals surface area contributed by atoms with Gasteiger partial charge in [0.25, 0.3) is 5.91 Å². The Morgan fingerprint density at radius 2 is 2.00 bits per heavy atom. The fraction of sp³-hybridized carbons (Fsp3) is 0.211. The van der Waals surface area contributed by atoms with E-state index >= 15 is 0 Å². The lowest BCUT2D eigenvalue weighted by atomic mass is 10.2. The molecule has 1 aromatic heterocycles.